The fourth-order valence-electron chi connectivity index (χ4n) is 1.70. The molecule has 0 radical (unpaired) electrons. The molecule has 0 aliphatic heterocycles. The Balaban J connectivity index is 2.59. The van der Waals surface area contributed by atoms with Crippen molar-refractivity contribution in [2.45, 2.75) is 4.90 Å². The second-order valence-electron chi connectivity index (χ2n) is 4.16. The molecule has 18 heavy (non-hydrogen) atoms. The summed E-state index contributed by atoms with van der Waals surface area (Å²) in [6, 6.07) is 10.6. The lowest BCUT2D eigenvalue weighted by molar-refractivity contribution is 0.415. The SMILES string of the molecule is COc1ccc2cc(S(=O)(=O)N(C)C)ccc2c1. The summed E-state index contributed by atoms with van der Waals surface area (Å²) in [5, 5.41) is 1.82. The van der Waals surface area contributed by atoms with Crippen LogP contribution in [0.25, 0.3) is 10.8 Å². The van der Waals surface area contributed by atoms with Crippen LogP contribution in [-0.2, 0) is 10.0 Å². The van der Waals surface area contributed by atoms with E-state index in [4.69, 9.17) is 4.74 Å². The largest absolute Gasteiger partial charge is 0.497 e. The van der Waals surface area contributed by atoms with Gasteiger partial charge in [-0.3, -0.25) is 0 Å². The number of hydrogen-bond donors (Lipinski definition) is 0. The van der Waals surface area contributed by atoms with Gasteiger partial charge in [-0.2, -0.15) is 0 Å². The summed E-state index contributed by atoms with van der Waals surface area (Å²) in [6.45, 7) is 0. The number of benzene rings is 2. The molecule has 0 aromatic heterocycles. The Morgan fingerprint density at radius 1 is 1.00 bits per heavy atom. The zero-order chi connectivity index (χ0) is 13.3. The average molecular weight is 265 g/mol. The van der Waals surface area contributed by atoms with E-state index in [0.717, 1.165) is 16.5 Å². The van der Waals surface area contributed by atoms with Crippen molar-refractivity contribution < 1.29 is 13.2 Å². The van der Waals surface area contributed by atoms with Crippen LogP contribution in [0.15, 0.2) is 41.3 Å². The molecule has 0 spiro atoms. The number of sulfonamides is 1. The Hall–Kier alpha value is -1.59. The van der Waals surface area contributed by atoms with Crippen LogP contribution in [0.2, 0.25) is 0 Å². The molecular weight excluding hydrogens is 250 g/mol. The summed E-state index contributed by atoms with van der Waals surface area (Å²) in [6.07, 6.45) is 0. The van der Waals surface area contributed by atoms with Crippen LogP contribution in [-0.4, -0.2) is 33.9 Å². The number of ether oxygens (including phenoxy) is 1. The molecule has 96 valence electrons. The highest BCUT2D eigenvalue weighted by molar-refractivity contribution is 7.89. The minimum Gasteiger partial charge on any atom is -0.497 e. The van der Waals surface area contributed by atoms with Crippen LogP contribution < -0.4 is 4.74 Å². The third-order valence-electron chi connectivity index (χ3n) is 2.80. The predicted octanol–water partition coefficient (Wildman–Crippen LogP) is 2.10. The van der Waals surface area contributed by atoms with Gasteiger partial charge in [0.1, 0.15) is 5.75 Å². The number of methoxy groups -OCH3 is 1. The highest BCUT2D eigenvalue weighted by atomic mass is 32.2. The van der Waals surface area contributed by atoms with Crippen LogP contribution in [0.3, 0.4) is 0 Å². The fourth-order valence-corrected chi connectivity index (χ4v) is 2.64. The van der Waals surface area contributed by atoms with Crippen molar-refractivity contribution in [1.29, 1.82) is 0 Å². The minimum absolute atomic E-state index is 0.296. The van der Waals surface area contributed by atoms with E-state index in [-0.39, 0.29) is 0 Å². The van der Waals surface area contributed by atoms with Gasteiger partial charge in [0.2, 0.25) is 10.0 Å². The fraction of sp³-hybridized carbons (Fsp3) is 0.231. The molecule has 4 nitrogen and oxygen atoms in total. The van der Waals surface area contributed by atoms with E-state index in [0.29, 0.717) is 4.90 Å². The van der Waals surface area contributed by atoms with Crippen molar-refractivity contribution in [3.05, 3.63) is 36.4 Å². The predicted molar refractivity (Wildman–Crippen MR) is 71.4 cm³/mol. The molecule has 0 heterocycles. The topological polar surface area (TPSA) is 46.6 Å². The molecule has 0 unspecified atom stereocenters. The molecule has 0 atom stereocenters. The van der Waals surface area contributed by atoms with Crippen molar-refractivity contribution in [1.82, 2.24) is 4.31 Å². The van der Waals surface area contributed by atoms with E-state index in [9.17, 15) is 8.42 Å². The van der Waals surface area contributed by atoms with Gasteiger partial charge in [0.05, 0.1) is 12.0 Å². The van der Waals surface area contributed by atoms with E-state index in [1.165, 1.54) is 18.4 Å². The highest BCUT2D eigenvalue weighted by Gasteiger charge is 2.17. The smallest absolute Gasteiger partial charge is 0.242 e. The Labute approximate surface area is 107 Å². The normalized spacial score (nSPS) is 12.0. The van der Waals surface area contributed by atoms with Crippen LogP contribution >= 0.6 is 0 Å². The molecule has 0 aliphatic rings. The van der Waals surface area contributed by atoms with Crippen LogP contribution in [0.5, 0.6) is 5.75 Å². The van der Waals surface area contributed by atoms with Crippen LogP contribution in [0, 0.1) is 0 Å². The monoisotopic (exact) mass is 265 g/mol. The molecule has 0 fully saturated rings. The molecule has 0 N–H and O–H groups in total. The van der Waals surface area contributed by atoms with Gasteiger partial charge in [0.15, 0.2) is 0 Å². The molecule has 2 aromatic rings. The summed E-state index contributed by atoms with van der Waals surface area (Å²) in [7, 11) is 1.26. The molecule has 2 aromatic carbocycles. The second kappa shape index (κ2) is 4.59. The maximum Gasteiger partial charge on any atom is 0.242 e. The molecule has 0 amide bonds. The van der Waals surface area contributed by atoms with Gasteiger partial charge in [0.25, 0.3) is 0 Å². The Bertz CT molecular complexity index is 678. The standard InChI is InChI=1S/C13H15NO3S/c1-14(2)18(15,16)13-7-5-10-8-12(17-3)6-4-11(10)9-13/h4-9H,1-3H3. The number of nitrogens with zero attached hydrogens (tertiary/aromatic N) is 1. The number of hydrogen-bond acceptors (Lipinski definition) is 3. The first-order chi connectivity index (χ1) is 8.45. The first-order valence-electron chi connectivity index (χ1n) is 5.45. The Morgan fingerprint density at radius 2 is 1.61 bits per heavy atom. The Morgan fingerprint density at radius 3 is 2.22 bits per heavy atom. The van der Waals surface area contributed by atoms with Crippen molar-refractivity contribution in [2.24, 2.45) is 0 Å². The van der Waals surface area contributed by atoms with Gasteiger partial charge in [-0.15, -0.1) is 0 Å². The van der Waals surface area contributed by atoms with E-state index in [1.807, 2.05) is 18.2 Å². The van der Waals surface area contributed by atoms with Gasteiger partial charge >= 0.3 is 0 Å². The maximum absolute atomic E-state index is 12.0. The summed E-state index contributed by atoms with van der Waals surface area (Å²) in [5.74, 6) is 0.755. The summed E-state index contributed by atoms with van der Waals surface area (Å²) in [5.41, 5.74) is 0. The van der Waals surface area contributed by atoms with Gasteiger partial charge in [-0.05, 0) is 35.0 Å². The van der Waals surface area contributed by atoms with E-state index in [1.54, 1.807) is 25.3 Å². The molecule has 0 bridgehead atoms. The van der Waals surface area contributed by atoms with Gasteiger partial charge in [-0.1, -0.05) is 12.1 Å². The van der Waals surface area contributed by atoms with Crippen LogP contribution in [0.1, 0.15) is 0 Å². The van der Waals surface area contributed by atoms with Crippen molar-refractivity contribution >= 4 is 20.8 Å². The van der Waals surface area contributed by atoms with Crippen molar-refractivity contribution in [3.63, 3.8) is 0 Å². The summed E-state index contributed by atoms with van der Waals surface area (Å²) < 4.78 is 30.3. The van der Waals surface area contributed by atoms with E-state index >= 15 is 0 Å². The first-order valence-corrected chi connectivity index (χ1v) is 6.89. The molecule has 0 saturated carbocycles. The van der Waals surface area contributed by atoms with Gasteiger partial charge < -0.3 is 4.74 Å². The molecule has 0 aliphatic carbocycles. The van der Waals surface area contributed by atoms with Crippen molar-refractivity contribution in [3.8, 4) is 5.75 Å². The lowest BCUT2D eigenvalue weighted by atomic mass is 10.1. The number of fused-ring (bicyclic) bond motifs is 1. The summed E-state index contributed by atoms with van der Waals surface area (Å²) >= 11 is 0. The van der Waals surface area contributed by atoms with E-state index < -0.39 is 10.0 Å². The van der Waals surface area contributed by atoms with Crippen LogP contribution in [0.4, 0.5) is 0 Å². The molecular formula is C13H15NO3S. The molecule has 5 heteroatoms. The first kappa shape index (κ1) is 12.9. The molecule has 2 rings (SSSR count). The minimum atomic E-state index is -3.38. The molecule has 0 saturated heterocycles. The van der Waals surface area contributed by atoms with Crippen molar-refractivity contribution in [2.75, 3.05) is 21.2 Å². The van der Waals surface area contributed by atoms with Gasteiger partial charge in [0, 0.05) is 14.1 Å². The van der Waals surface area contributed by atoms with Gasteiger partial charge in [-0.25, -0.2) is 12.7 Å². The quantitative estimate of drug-likeness (QED) is 0.853. The zero-order valence-corrected chi connectivity index (χ0v) is 11.4. The third-order valence-corrected chi connectivity index (χ3v) is 4.61. The highest BCUT2D eigenvalue weighted by Crippen LogP contribution is 2.24. The Kier molecular flexibility index (Phi) is 3.28. The maximum atomic E-state index is 12.0. The zero-order valence-electron chi connectivity index (χ0n) is 10.5. The van der Waals surface area contributed by atoms with E-state index in [2.05, 4.69) is 0 Å². The lowest BCUT2D eigenvalue weighted by Crippen LogP contribution is -2.22. The third kappa shape index (κ3) is 2.19. The second-order valence-corrected chi connectivity index (χ2v) is 6.31. The lowest BCUT2D eigenvalue weighted by Gasteiger charge is -2.12. The average Bonchev–Trinajstić information content (AvgIpc) is 2.37. The summed E-state index contributed by atoms with van der Waals surface area (Å²) in [4.78, 5) is 0.296. The number of rotatable bonds is 3.